The molecule has 1 aromatic rings. The average Bonchev–Trinajstić information content (AvgIpc) is 2.67. The van der Waals surface area contributed by atoms with Gasteiger partial charge in [0.15, 0.2) is 0 Å². The molecule has 0 unspecified atom stereocenters. The van der Waals surface area contributed by atoms with Crippen LogP contribution in [0.1, 0.15) is 18.4 Å². The van der Waals surface area contributed by atoms with Crippen LogP contribution in [0, 0.1) is 0 Å². The highest BCUT2D eigenvalue weighted by Crippen LogP contribution is 2.32. The Balaban J connectivity index is 2.05. The van der Waals surface area contributed by atoms with Crippen LogP contribution in [-0.4, -0.2) is 33.5 Å². The van der Waals surface area contributed by atoms with E-state index in [4.69, 9.17) is 0 Å². The molecule has 1 aliphatic rings. The molecule has 0 bridgehead atoms. The lowest BCUT2D eigenvalue weighted by Gasteiger charge is -2.12. The summed E-state index contributed by atoms with van der Waals surface area (Å²) in [6, 6.07) is 3.51. The second kappa shape index (κ2) is 6.33. The first kappa shape index (κ1) is 14.3. The number of hydrogen-bond acceptors (Lipinski definition) is 6. The van der Waals surface area contributed by atoms with Crippen LogP contribution >= 0.6 is 11.8 Å². The zero-order valence-electron chi connectivity index (χ0n) is 10.4. The number of carbonyl (C=O) groups excluding carboxylic acids is 3. The zero-order chi connectivity index (χ0) is 14.5. The van der Waals surface area contributed by atoms with Gasteiger partial charge in [-0.1, -0.05) is 6.07 Å². The van der Waals surface area contributed by atoms with Gasteiger partial charge in [-0.05, 0) is 42.3 Å². The number of nitrogens with zero attached hydrogens (tertiary/aromatic N) is 2. The molecule has 2 amide bonds. The quantitative estimate of drug-likeness (QED) is 0.740. The second-order valence-corrected chi connectivity index (χ2v) is 5.09. The molecule has 0 N–H and O–H groups in total. The van der Waals surface area contributed by atoms with Crippen LogP contribution < -0.4 is 5.11 Å². The first-order valence-corrected chi connectivity index (χ1v) is 6.75. The van der Waals surface area contributed by atoms with Crippen LogP contribution in [0.4, 0.5) is 4.79 Å². The zero-order valence-corrected chi connectivity index (χ0v) is 11.3. The van der Waals surface area contributed by atoms with Gasteiger partial charge in [0.05, 0.1) is 4.91 Å². The number of rotatable bonds is 5. The molecule has 0 spiro atoms. The fourth-order valence-corrected chi connectivity index (χ4v) is 2.55. The summed E-state index contributed by atoms with van der Waals surface area (Å²) in [5.74, 6) is -1.59. The first-order chi connectivity index (χ1) is 9.58. The van der Waals surface area contributed by atoms with Crippen molar-refractivity contribution in [2.24, 2.45) is 0 Å². The monoisotopic (exact) mass is 291 g/mol. The Kier molecular flexibility index (Phi) is 4.52. The highest BCUT2D eigenvalue weighted by molar-refractivity contribution is 8.18. The summed E-state index contributed by atoms with van der Waals surface area (Å²) in [5.41, 5.74) is 0.729. The number of carboxylic acids is 1. The van der Waals surface area contributed by atoms with Crippen molar-refractivity contribution in [1.29, 1.82) is 0 Å². The van der Waals surface area contributed by atoms with Crippen molar-refractivity contribution in [2.75, 3.05) is 6.54 Å². The number of hydrogen-bond donors (Lipinski definition) is 0. The van der Waals surface area contributed by atoms with Crippen LogP contribution in [0.5, 0.6) is 0 Å². The Morgan fingerprint density at radius 3 is 2.90 bits per heavy atom. The normalized spacial score (nSPS) is 17.0. The fraction of sp³-hybridized carbons (Fsp3) is 0.231. The molecule has 2 rings (SSSR count). The molecular weight excluding hydrogens is 280 g/mol. The molecule has 1 saturated heterocycles. The molecular formula is C13H11N2O4S-. The molecule has 0 aliphatic carbocycles. The summed E-state index contributed by atoms with van der Waals surface area (Å²) in [5, 5.41) is 9.93. The van der Waals surface area contributed by atoms with Crippen molar-refractivity contribution >= 4 is 35.0 Å². The van der Waals surface area contributed by atoms with E-state index < -0.39 is 11.9 Å². The number of amides is 2. The van der Waals surface area contributed by atoms with Crippen LogP contribution in [0.25, 0.3) is 6.08 Å². The van der Waals surface area contributed by atoms with E-state index >= 15 is 0 Å². The number of aromatic nitrogens is 1. The molecule has 0 saturated carbocycles. The number of imide groups is 1. The Morgan fingerprint density at radius 2 is 2.25 bits per heavy atom. The van der Waals surface area contributed by atoms with Crippen molar-refractivity contribution in [3.63, 3.8) is 0 Å². The van der Waals surface area contributed by atoms with Gasteiger partial charge in [0.25, 0.3) is 11.1 Å². The lowest BCUT2D eigenvalue weighted by molar-refractivity contribution is -0.305. The summed E-state index contributed by atoms with van der Waals surface area (Å²) in [6.45, 7) is 0.0863. The van der Waals surface area contributed by atoms with E-state index in [1.807, 2.05) is 0 Å². The molecule has 2 heterocycles. The number of carboxylic acid groups (broad SMARTS) is 1. The van der Waals surface area contributed by atoms with Crippen molar-refractivity contribution < 1.29 is 19.5 Å². The van der Waals surface area contributed by atoms with E-state index in [0.29, 0.717) is 4.91 Å². The summed E-state index contributed by atoms with van der Waals surface area (Å²) >= 11 is 0.843. The number of pyridine rings is 1. The topological polar surface area (TPSA) is 90.4 Å². The van der Waals surface area contributed by atoms with Gasteiger partial charge in [0.1, 0.15) is 0 Å². The third-order valence-corrected chi connectivity index (χ3v) is 3.53. The lowest BCUT2D eigenvalue weighted by Crippen LogP contribution is -2.30. The van der Waals surface area contributed by atoms with Gasteiger partial charge in [0.2, 0.25) is 0 Å². The van der Waals surface area contributed by atoms with Crippen LogP contribution in [0.3, 0.4) is 0 Å². The van der Waals surface area contributed by atoms with Crippen molar-refractivity contribution in [3.8, 4) is 0 Å². The van der Waals surface area contributed by atoms with Gasteiger partial charge in [-0.15, -0.1) is 0 Å². The van der Waals surface area contributed by atoms with Gasteiger partial charge in [0, 0.05) is 24.9 Å². The predicted octanol–water partition coefficient (Wildman–Crippen LogP) is 0.648. The predicted molar refractivity (Wildman–Crippen MR) is 71.2 cm³/mol. The van der Waals surface area contributed by atoms with E-state index in [1.165, 1.54) is 0 Å². The number of thioether (sulfide) groups is 1. The molecule has 7 heteroatoms. The van der Waals surface area contributed by atoms with Crippen molar-refractivity contribution in [3.05, 3.63) is 35.0 Å². The molecule has 0 aromatic carbocycles. The minimum Gasteiger partial charge on any atom is -0.550 e. The summed E-state index contributed by atoms with van der Waals surface area (Å²) in [7, 11) is 0. The Labute approximate surface area is 119 Å². The third-order valence-electron chi connectivity index (χ3n) is 2.62. The van der Waals surface area contributed by atoms with E-state index in [9.17, 15) is 19.5 Å². The summed E-state index contributed by atoms with van der Waals surface area (Å²) in [6.07, 6.45) is 4.81. The highest BCUT2D eigenvalue weighted by Gasteiger charge is 2.34. The van der Waals surface area contributed by atoms with Crippen LogP contribution in [0.2, 0.25) is 0 Å². The molecule has 0 radical (unpaired) electrons. The third kappa shape index (κ3) is 3.45. The van der Waals surface area contributed by atoms with E-state index in [2.05, 4.69) is 4.98 Å². The van der Waals surface area contributed by atoms with E-state index in [0.717, 1.165) is 22.2 Å². The summed E-state index contributed by atoms with van der Waals surface area (Å²) in [4.78, 5) is 39.3. The molecule has 104 valence electrons. The molecule has 20 heavy (non-hydrogen) atoms. The first-order valence-electron chi connectivity index (χ1n) is 5.93. The van der Waals surface area contributed by atoms with Crippen LogP contribution in [-0.2, 0) is 9.59 Å². The highest BCUT2D eigenvalue weighted by atomic mass is 32.2. The van der Waals surface area contributed by atoms with Crippen molar-refractivity contribution in [1.82, 2.24) is 9.88 Å². The van der Waals surface area contributed by atoms with Gasteiger partial charge >= 0.3 is 0 Å². The van der Waals surface area contributed by atoms with E-state index in [-0.39, 0.29) is 24.6 Å². The maximum Gasteiger partial charge on any atom is 0.293 e. The van der Waals surface area contributed by atoms with Gasteiger partial charge in [-0.2, -0.15) is 0 Å². The molecule has 1 aliphatic heterocycles. The van der Waals surface area contributed by atoms with Gasteiger partial charge in [-0.25, -0.2) is 0 Å². The molecule has 0 atom stereocenters. The maximum absolute atomic E-state index is 12.0. The second-order valence-electron chi connectivity index (χ2n) is 4.10. The SMILES string of the molecule is O=C([O-])CCCN1C(=O)S/C(=C\c2cccnc2)C1=O. The van der Waals surface area contributed by atoms with Gasteiger partial charge < -0.3 is 9.90 Å². The Morgan fingerprint density at radius 1 is 1.45 bits per heavy atom. The van der Waals surface area contributed by atoms with Crippen LogP contribution in [0.15, 0.2) is 29.4 Å². The standard InChI is InChI=1S/C13H12N2O4S/c16-11(17)4-2-6-15-12(18)10(20-13(15)19)7-9-3-1-5-14-8-9/h1,3,5,7-8H,2,4,6H2,(H,16,17)/p-1/b10-7-. The largest absolute Gasteiger partial charge is 0.550 e. The number of aliphatic carboxylic acids is 1. The maximum atomic E-state index is 12.0. The molecule has 1 aromatic heterocycles. The minimum absolute atomic E-state index is 0.0863. The van der Waals surface area contributed by atoms with E-state index in [1.54, 1.807) is 30.6 Å². The molecule has 6 nitrogen and oxygen atoms in total. The van der Waals surface area contributed by atoms with Gasteiger partial charge in [-0.3, -0.25) is 19.5 Å². The molecule has 1 fully saturated rings. The smallest absolute Gasteiger partial charge is 0.293 e. The number of carbonyl (C=O) groups is 3. The Bertz CT molecular complexity index is 571. The Hall–Kier alpha value is -2.15. The average molecular weight is 291 g/mol. The lowest BCUT2D eigenvalue weighted by atomic mass is 10.2. The summed E-state index contributed by atoms with van der Waals surface area (Å²) < 4.78 is 0. The fourth-order valence-electron chi connectivity index (χ4n) is 1.69. The van der Waals surface area contributed by atoms with Crippen molar-refractivity contribution in [2.45, 2.75) is 12.8 Å². The minimum atomic E-state index is -1.19.